The molecule has 2 atom stereocenters. The van der Waals surface area contributed by atoms with E-state index in [0.29, 0.717) is 19.6 Å². The molecular weight excluding hydrogens is 426 g/mol. The molecule has 0 aliphatic carbocycles. The number of amides is 1. The van der Waals surface area contributed by atoms with Gasteiger partial charge in [0.15, 0.2) is 0 Å². The monoisotopic (exact) mass is 461 g/mol. The maximum absolute atomic E-state index is 13.6. The highest BCUT2D eigenvalue weighted by Crippen LogP contribution is 2.35. The van der Waals surface area contributed by atoms with Gasteiger partial charge in [0.1, 0.15) is 0 Å². The lowest BCUT2D eigenvalue weighted by atomic mass is 9.93. The van der Waals surface area contributed by atoms with E-state index >= 15 is 0 Å². The van der Waals surface area contributed by atoms with E-state index in [1.807, 2.05) is 19.1 Å². The van der Waals surface area contributed by atoms with Crippen LogP contribution in [0.4, 0.5) is 0 Å². The number of hydrogen-bond acceptors (Lipinski definition) is 5. The number of hydrogen-bond donors (Lipinski definition) is 0. The zero-order valence-corrected chi connectivity index (χ0v) is 20.7. The Morgan fingerprint density at radius 1 is 1.09 bits per heavy atom. The van der Waals surface area contributed by atoms with Crippen molar-refractivity contribution < 1.29 is 14.3 Å². The highest BCUT2D eigenvalue weighted by Gasteiger charge is 2.36. The minimum absolute atomic E-state index is 0.0296. The second kappa shape index (κ2) is 10.5. The van der Waals surface area contributed by atoms with Crippen molar-refractivity contribution in [2.45, 2.75) is 53.0 Å². The molecule has 0 spiro atoms. The van der Waals surface area contributed by atoms with Crippen molar-refractivity contribution in [3.8, 4) is 0 Å². The minimum Gasteiger partial charge on any atom is -0.466 e. The molecule has 1 fully saturated rings. The van der Waals surface area contributed by atoms with Gasteiger partial charge in [-0.1, -0.05) is 42.0 Å². The zero-order chi connectivity index (χ0) is 24.2. The first-order chi connectivity index (χ1) is 16.4. The second-order valence-corrected chi connectivity index (χ2v) is 9.51. The van der Waals surface area contributed by atoms with Crippen molar-refractivity contribution in [1.82, 2.24) is 9.91 Å². The first-order valence-corrected chi connectivity index (χ1v) is 12.3. The van der Waals surface area contributed by atoms with E-state index < -0.39 is 0 Å². The normalized spacial score (nSPS) is 20.8. The Hall–Kier alpha value is -2.99. The summed E-state index contributed by atoms with van der Waals surface area (Å²) in [5, 5.41) is 6.58. The number of likely N-dealkylation sites (tertiary alicyclic amines) is 1. The van der Waals surface area contributed by atoms with Crippen LogP contribution in [0.2, 0.25) is 0 Å². The summed E-state index contributed by atoms with van der Waals surface area (Å²) in [6, 6.07) is 14.5. The Morgan fingerprint density at radius 3 is 2.65 bits per heavy atom. The molecule has 0 radical (unpaired) electrons. The van der Waals surface area contributed by atoms with Gasteiger partial charge < -0.3 is 4.74 Å². The van der Waals surface area contributed by atoms with E-state index in [2.05, 4.69) is 56.0 Å². The molecule has 1 saturated heterocycles. The molecule has 180 valence electrons. The molecule has 2 aliphatic rings. The topological polar surface area (TPSA) is 62.2 Å². The first-order valence-electron chi connectivity index (χ1n) is 12.3. The Labute approximate surface area is 202 Å². The lowest BCUT2D eigenvalue weighted by Gasteiger charge is -2.32. The Balaban J connectivity index is 1.58. The summed E-state index contributed by atoms with van der Waals surface area (Å²) in [6.07, 6.45) is 2.38. The van der Waals surface area contributed by atoms with Crippen LogP contribution in [-0.2, 0) is 14.3 Å². The van der Waals surface area contributed by atoms with Crippen molar-refractivity contribution in [2.24, 2.45) is 11.0 Å². The second-order valence-electron chi connectivity index (χ2n) is 9.51. The van der Waals surface area contributed by atoms with Gasteiger partial charge in [-0.25, -0.2) is 5.01 Å². The van der Waals surface area contributed by atoms with Crippen LogP contribution in [0.1, 0.15) is 60.0 Å². The molecule has 2 aromatic rings. The van der Waals surface area contributed by atoms with Gasteiger partial charge in [-0.05, 0) is 69.8 Å². The fourth-order valence-electron chi connectivity index (χ4n) is 5.07. The van der Waals surface area contributed by atoms with E-state index in [1.165, 1.54) is 5.56 Å². The quantitative estimate of drug-likeness (QED) is 0.592. The van der Waals surface area contributed by atoms with Gasteiger partial charge in [0.25, 0.3) is 5.91 Å². The molecule has 0 unspecified atom stereocenters. The van der Waals surface area contributed by atoms with Crippen LogP contribution in [0.25, 0.3) is 0 Å². The molecule has 1 amide bonds. The van der Waals surface area contributed by atoms with Crippen molar-refractivity contribution in [1.29, 1.82) is 0 Å². The number of ether oxygens (including phenoxy) is 1. The molecule has 2 aromatic carbocycles. The maximum atomic E-state index is 13.6. The van der Waals surface area contributed by atoms with Gasteiger partial charge in [0.05, 0.1) is 30.8 Å². The average molecular weight is 462 g/mol. The molecular formula is C28H35N3O3. The fourth-order valence-corrected chi connectivity index (χ4v) is 5.07. The predicted octanol–water partition coefficient (Wildman–Crippen LogP) is 4.56. The number of carbonyl (C=O) groups is 2. The zero-order valence-electron chi connectivity index (χ0n) is 20.7. The van der Waals surface area contributed by atoms with Gasteiger partial charge in [0, 0.05) is 18.5 Å². The number of nitrogens with zero attached hydrogens (tertiary/aromatic N) is 3. The van der Waals surface area contributed by atoms with Crippen molar-refractivity contribution in [3.05, 3.63) is 70.3 Å². The standard InChI is InChI=1S/C28H35N3O3/c1-5-34-28(33)22-10-8-14-30(17-22)18-27(32)31-26(23-11-7-6-9-20(23)3)16-25(29-31)24-15-19(2)12-13-21(24)4/h6-7,9,11-13,15,22,26H,5,8,10,14,16-18H2,1-4H3/t22-,26-/m0/s1. The maximum Gasteiger partial charge on any atom is 0.310 e. The molecule has 6 nitrogen and oxygen atoms in total. The summed E-state index contributed by atoms with van der Waals surface area (Å²) < 4.78 is 5.22. The summed E-state index contributed by atoms with van der Waals surface area (Å²) in [5.41, 5.74) is 6.68. The van der Waals surface area contributed by atoms with Gasteiger partial charge in [-0.2, -0.15) is 5.10 Å². The highest BCUT2D eigenvalue weighted by molar-refractivity contribution is 6.04. The number of hydrazone groups is 1. The van der Waals surface area contributed by atoms with Crippen LogP contribution in [0.5, 0.6) is 0 Å². The van der Waals surface area contributed by atoms with Crippen LogP contribution in [0.3, 0.4) is 0 Å². The molecule has 34 heavy (non-hydrogen) atoms. The molecule has 2 heterocycles. The largest absolute Gasteiger partial charge is 0.466 e. The Morgan fingerprint density at radius 2 is 1.88 bits per heavy atom. The average Bonchev–Trinajstić information content (AvgIpc) is 3.26. The van der Waals surface area contributed by atoms with E-state index in [-0.39, 0.29) is 30.4 Å². The van der Waals surface area contributed by atoms with Gasteiger partial charge >= 0.3 is 5.97 Å². The van der Waals surface area contributed by atoms with Crippen molar-refractivity contribution >= 4 is 17.6 Å². The van der Waals surface area contributed by atoms with Crippen LogP contribution in [0, 0.1) is 26.7 Å². The number of carbonyl (C=O) groups excluding carboxylic acids is 2. The third-order valence-corrected chi connectivity index (χ3v) is 6.90. The van der Waals surface area contributed by atoms with Gasteiger partial charge in [-0.15, -0.1) is 0 Å². The summed E-state index contributed by atoms with van der Waals surface area (Å²) in [7, 11) is 0. The van der Waals surface area contributed by atoms with Gasteiger partial charge in [-0.3, -0.25) is 14.5 Å². The minimum atomic E-state index is -0.166. The van der Waals surface area contributed by atoms with Crippen molar-refractivity contribution in [3.63, 3.8) is 0 Å². The fraction of sp³-hybridized carbons (Fsp3) is 0.464. The van der Waals surface area contributed by atoms with Gasteiger partial charge in [0.2, 0.25) is 0 Å². The lowest BCUT2D eigenvalue weighted by molar-refractivity contribution is -0.150. The van der Waals surface area contributed by atoms with Crippen LogP contribution in [0.15, 0.2) is 47.6 Å². The van der Waals surface area contributed by atoms with E-state index in [4.69, 9.17) is 9.84 Å². The van der Waals surface area contributed by atoms with E-state index in [1.54, 1.807) is 5.01 Å². The lowest BCUT2D eigenvalue weighted by Crippen LogP contribution is -2.44. The van der Waals surface area contributed by atoms with E-state index in [9.17, 15) is 9.59 Å². The number of esters is 1. The number of piperidine rings is 1. The summed E-state index contributed by atoms with van der Waals surface area (Å²) in [5.74, 6) is -0.354. The summed E-state index contributed by atoms with van der Waals surface area (Å²) in [4.78, 5) is 27.9. The molecule has 6 heteroatoms. The SMILES string of the molecule is CCOC(=O)[C@H]1CCCN(CC(=O)N2N=C(c3cc(C)ccc3C)C[C@H]2c2ccccc2C)C1. The molecule has 4 rings (SSSR count). The van der Waals surface area contributed by atoms with Crippen LogP contribution >= 0.6 is 0 Å². The molecule has 0 bridgehead atoms. The number of aryl methyl sites for hydroxylation is 3. The van der Waals surface area contributed by atoms with E-state index in [0.717, 1.165) is 47.4 Å². The Bertz CT molecular complexity index is 1090. The first kappa shape index (κ1) is 24.1. The third kappa shape index (κ3) is 5.22. The molecule has 0 aromatic heterocycles. The van der Waals surface area contributed by atoms with Crippen LogP contribution < -0.4 is 0 Å². The highest BCUT2D eigenvalue weighted by atomic mass is 16.5. The van der Waals surface area contributed by atoms with Crippen molar-refractivity contribution in [2.75, 3.05) is 26.2 Å². The third-order valence-electron chi connectivity index (χ3n) is 6.90. The van der Waals surface area contributed by atoms with Crippen LogP contribution in [-0.4, -0.2) is 53.7 Å². The predicted molar refractivity (Wildman–Crippen MR) is 134 cm³/mol. The summed E-state index contributed by atoms with van der Waals surface area (Å²) in [6.45, 7) is 10.1. The Kier molecular flexibility index (Phi) is 7.47. The summed E-state index contributed by atoms with van der Waals surface area (Å²) >= 11 is 0. The molecule has 0 saturated carbocycles. The smallest absolute Gasteiger partial charge is 0.310 e. The number of benzene rings is 2. The molecule has 0 N–H and O–H groups in total. The number of rotatable bonds is 6. The molecule has 2 aliphatic heterocycles.